The van der Waals surface area contributed by atoms with Crippen LogP contribution in [-0.4, -0.2) is 53.5 Å². The van der Waals surface area contributed by atoms with Gasteiger partial charge in [-0.1, -0.05) is 30.0 Å². The van der Waals surface area contributed by atoms with Gasteiger partial charge in [0.15, 0.2) is 0 Å². The maximum Gasteiger partial charge on any atom is 0.288 e. The molecule has 3 rings (SSSR count). The van der Waals surface area contributed by atoms with Crippen LogP contribution in [0.2, 0.25) is 0 Å². The molecule has 2 amide bonds. The minimum absolute atomic E-state index is 0.127. The third kappa shape index (κ3) is 4.35. The van der Waals surface area contributed by atoms with E-state index in [1.54, 1.807) is 6.20 Å². The van der Waals surface area contributed by atoms with Gasteiger partial charge in [0.2, 0.25) is 5.91 Å². The molecule has 1 atom stereocenters. The molecule has 0 saturated carbocycles. The third-order valence-electron chi connectivity index (χ3n) is 4.20. The summed E-state index contributed by atoms with van der Waals surface area (Å²) >= 11 is 1.09. The van der Waals surface area contributed by atoms with Crippen molar-refractivity contribution in [3.63, 3.8) is 0 Å². The van der Waals surface area contributed by atoms with Gasteiger partial charge < -0.3 is 9.64 Å². The van der Waals surface area contributed by atoms with Crippen molar-refractivity contribution in [2.45, 2.75) is 11.7 Å². The van der Waals surface area contributed by atoms with Gasteiger partial charge in [0.05, 0.1) is 11.8 Å². The van der Waals surface area contributed by atoms with Crippen LogP contribution in [0.15, 0.2) is 48.7 Å². The molecular formula is C19H21N3O3S. The van der Waals surface area contributed by atoms with E-state index in [-0.39, 0.29) is 16.4 Å². The number of thioether (sulfide) groups is 1. The van der Waals surface area contributed by atoms with Gasteiger partial charge in [-0.05, 0) is 36.2 Å². The minimum Gasteiger partial charge on any atom is -0.492 e. The Labute approximate surface area is 157 Å². The van der Waals surface area contributed by atoms with E-state index in [0.29, 0.717) is 13.0 Å². The van der Waals surface area contributed by atoms with Gasteiger partial charge in [-0.2, -0.15) is 0 Å². The van der Waals surface area contributed by atoms with E-state index in [9.17, 15) is 9.59 Å². The standard InChI is InChI=1S/C19H21N3O3S/c1-21(17-5-3-4-10-20-17)11-12-25-15-8-6-14(7-9-15)13-16-18(23)22(2)19(24)26-16/h3-10,16H,11-13H2,1-2H3. The number of pyridine rings is 1. The lowest BCUT2D eigenvalue weighted by Gasteiger charge is -2.18. The van der Waals surface area contributed by atoms with E-state index in [1.807, 2.05) is 54.4 Å². The first-order valence-electron chi connectivity index (χ1n) is 8.36. The van der Waals surface area contributed by atoms with Gasteiger partial charge in [0.25, 0.3) is 5.24 Å². The summed E-state index contributed by atoms with van der Waals surface area (Å²) < 4.78 is 5.77. The Hall–Kier alpha value is -2.54. The molecule has 1 aromatic carbocycles. The molecule has 0 N–H and O–H groups in total. The number of anilines is 1. The first kappa shape index (κ1) is 18.3. The molecule has 1 unspecified atom stereocenters. The van der Waals surface area contributed by atoms with Crippen LogP contribution in [0.1, 0.15) is 5.56 Å². The molecule has 1 aliphatic rings. The highest BCUT2D eigenvalue weighted by Crippen LogP contribution is 2.28. The van der Waals surface area contributed by atoms with Crippen LogP contribution >= 0.6 is 11.8 Å². The zero-order valence-corrected chi connectivity index (χ0v) is 15.6. The van der Waals surface area contributed by atoms with E-state index in [1.165, 1.54) is 11.9 Å². The monoisotopic (exact) mass is 371 g/mol. The molecule has 0 aliphatic carbocycles. The molecule has 0 bridgehead atoms. The number of likely N-dealkylation sites (N-methyl/N-ethyl adjacent to an activating group) is 1. The predicted molar refractivity (Wildman–Crippen MR) is 103 cm³/mol. The number of hydrogen-bond donors (Lipinski definition) is 0. The van der Waals surface area contributed by atoms with Gasteiger partial charge in [-0.25, -0.2) is 4.98 Å². The van der Waals surface area contributed by atoms with Crippen LogP contribution in [0.3, 0.4) is 0 Å². The van der Waals surface area contributed by atoms with Crippen LogP contribution in [0.5, 0.6) is 5.75 Å². The summed E-state index contributed by atoms with van der Waals surface area (Å²) in [5.74, 6) is 1.56. The van der Waals surface area contributed by atoms with Crippen molar-refractivity contribution in [3.8, 4) is 5.75 Å². The van der Waals surface area contributed by atoms with E-state index in [2.05, 4.69) is 4.98 Å². The fraction of sp³-hybridized carbons (Fsp3) is 0.316. The van der Waals surface area contributed by atoms with Gasteiger partial charge in [0, 0.05) is 20.3 Å². The second kappa shape index (κ2) is 8.23. The Bertz CT molecular complexity index is 767. The minimum atomic E-state index is -0.328. The summed E-state index contributed by atoms with van der Waals surface area (Å²) in [4.78, 5) is 31.0. The van der Waals surface area contributed by atoms with Crippen molar-refractivity contribution in [2.24, 2.45) is 0 Å². The zero-order chi connectivity index (χ0) is 18.5. The number of aromatic nitrogens is 1. The maximum atomic E-state index is 12.0. The average molecular weight is 371 g/mol. The van der Waals surface area contributed by atoms with Crippen molar-refractivity contribution >= 4 is 28.7 Å². The smallest absolute Gasteiger partial charge is 0.288 e. The molecular weight excluding hydrogens is 350 g/mol. The fourth-order valence-corrected chi connectivity index (χ4v) is 3.64. The fourth-order valence-electron chi connectivity index (χ4n) is 2.62. The molecule has 2 aromatic rings. The summed E-state index contributed by atoms with van der Waals surface area (Å²) in [5, 5.41) is -0.511. The van der Waals surface area contributed by atoms with Crippen molar-refractivity contribution in [1.82, 2.24) is 9.88 Å². The number of nitrogens with zero attached hydrogens (tertiary/aromatic N) is 3. The Morgan fingerprint density at radius 3 is 2.58 bits per heavy atom. The second-order valence-electron chi connectivity index (χ2n) is 6.08. The highest BCUT2D eigenvalue weighted by atomic mass is 32.2. The number of carbonyl (C=O) groups excluding carboxylic acids is 2. The quantitative estimate of drug-likeness (QED) is 0.746. The molecule has 0 spiro atoms. The summed E-state index contributed by atoms with van der Waals surface area (Å²) in [7, 11) is 3.50. The summed E-state index contributed by atoms with van der Waals surface area (Å²) in [6.45, 7) is 1.27. The largest absolute Gasteiger partial charge is 0.492 e. The van der Waals surface area contributed by atoms with Crippen molar-refractivity contribution in [1.29, 1.82) is 0 Å². The van der Waals surface area contributed by atoms with Crippen LogP contribution < -0.4 is 9.64 Å². The van der Waals surface area contributed by atoms with Crippen molar-refractivity contribution in [2.75, 3.05) is 32.1 Å². The van der Waals surface area contributed by atoms with E-state index >= 15 is 0 Å². The molecule has 2 heterocycles. The van der Waals surface area contributed by atoms with Gasteiger partial charge >= 0.3 is 0 Å². The summed E-state index contributed by atoms with van der Waals surface area (Å²) in [5.41, 5.74) is 1.01. The SMILES string of the molecule is CN1C(=O)SC(Cc2ccc(OCCN(C)c3ccccn3)cc2)C1=O. The Morgan fingerprint density at radius 2 is 1.96 bits per heavy atom. The van der Waals surface area contributed by atoms with E-state index in [4.69, 9.17) is 4.74 Å². The number of amides is 2. The lowest BCUT2D eigenvalue weighted by atomic mass is 10.1. The zero-order valence-electron chi connectivity index (χ0n) is 14.8. The summed E-state index contributed by atoms with van der Waals surface area (Å²) in [6, 6.07) is 13.5. The lowest BCUT2D eigenvalue weighted by Crippen LogP contribution is -2.28. The van der Waals surface area contributed by atoms with Crippen LogP contribution in [0, 0.1) is 0 Å². The second-order valence-corrected chi connectivity index (χ2v) is 7.23. The highest BCUT2D eigenvalue weighted by Gasteiger charge is 2.36. The number of ether oxygens (including phenoxy) is 1. The molecule has 136 valence electrons. The molecule has 0 radical (unpaired) electrons. The number of benzene rings is 1. The molecule has 1 aliphatic heterocycles. The number of carbonyl (C=O) groups is 2. The molecule has 1 aromatic heterocycles. The Morgan fingerprint density at radius 1 is 1.19 bits per heavy atom. The number of rotatable bonds is 7. The lowest BCUT2D eigenvalue weighted by molar-refractivity contribution is -0.125. The molecule has 26 heavy (non-hydrogen) atoms. The highest BCUT2D eigenvalue weighted by molar-refractivity contribution is 8.15. The Balaban J connectivity index is 1.47. The maximum absolute atomic E-state index is 12.0. The molecule has 7 heteroatoms. The van der Waals surface area contributed by atoms with Crippen LogP contribution in [-0.2, 0) is 11.2 Å². The van der Waals surface area contributed by atoms with E-state index < -0.39 is 0 Å². The molecule has 6 nitrogen and oxygen atoms in total. The predicted octanol–water partition coefficient (Wildman–Crippen LogP) is 2.83. The number of imide groups is 1. The third-order valence-corrected chi connectivity index (χ3v) is 5.33. The first-order valence-corrected chi connectivity index (χ1v) is 9.24. The van der Waals surface area contributed by atoms with Crippen LogP contribution in [0.4, 0.5) is 10.6 Å². The normalized spacial score (nSPS) is 16.8. The molecule has 1 fully saturated rings. The van der Waals surface area contributed by atoms with Gasteiger partial charge in [0.1, 0.15) is 18.2 Å². The number of hydrogen-bond acceptors (Lipinski definition) is 6. The average Bonchev–Trinajstić information content (AvgIpc) is 2.90. The van der Waals surface area contributed by atoms with Gasteiger partial charge in [-0.15, -0.1) is 0 Å². The van der Waals surface area contributed by atoms with Gasteiger partial charge in [-0.3, -0.25) is 14.5 Å². The Kier molecular flexibility index (Phi) is 5.78. The topological polar surface area (TPSA) is 62.7 Å². The van der Waals surface area contributed by atoms with Crippen molar-refractivity contribution < 1.29 is 14.3 Å². The first-order chi connectivity index (χ1) is 12.5. The van der Waals surface area contributed by atoms with E-state index in [0.717, 1.165) is 35.4 Å². The van der Waals surface area contributed by atoms with Crippen molar-refractivity contribution in [3.05, 3.63) is 54.2 Å². The molecule has 1 saturated heterocycles. The summed E-state index contributed by atoms with van der Waals surface area (Å²) in [6.07, 6.45) is 2.31. The van der Waals surface area contributed by atoms with Crippen LogP contribution in [0.25, 0.3) is 0 Å².